The molecule has 0 spiro atoms. The topological polar surface area (TPSA) is 46.3 Å². The molecule has 2 N–H and O–H groups in total. The summed E-state index contributed by atoms with van der Waals surface area (Å²) in [7, 11) is 0. The Morgan fingerprint density at radius 3 is 2.82 bits per heavy atom. The van der Waals surface area contributed by atoms with E-state index in [1.54, 1.807) is 11.3 Å². The lowest BCUT2D eigenvalue weighted by atomic mass is 10.1. The maximum absolute atomic E-state index is 12.2. The maximum Gasteiger partial charge on any atom is 0.230 e. The molecule has 0 bridgehead atoms. The van der Waals surface area contributed by atoms with Crippen LogP contribution in [0.4, 0.5) is 0 Å². The van der Waals surface area contributed by atoms with Gasteiger partial charge in [0.15, 0.2) is 0 Å². The Labute approximate surface area is 120 Å². The van der Waals surface area contributed by atoms with E-state index in [0.717, 1.165) is 21.6 Å². The standard InChI is InChI=1S/C11H15BrN2OS.ClH/c1-7(9-2-3-10(12)16-9)11(15)14-5-4-8(13)6-14;/h2-3,7-8H,4-6,13H2,1H3;1H/t7?,8-;/m1./s1. The van der Waals surface area contributed by atoms with Gasteiger partial charge in [0.25, 0.3) is 0 Å². The van der Waals surface area contributed by atoms with Crippen molar-refractivity contribution in [2.24, 2.45) is 5.73 Å². The van der Waals surface area contributed by atoms with Crippen LogP contribution in [0.5, 0.6) is 0 Å². The second-order valence-corrected chi connectivity index (χ2v) is 6.69. The second-order valence-electron chi connectivity index (χ2n) is 4.20. The highest BCUT2D eigenvalue weighted by Gasteiger charge is 2.28. The van der Waals surface area contributed by atoms with Gasteiger partial charge in [-0.25, -0.2) is 0 Å². The predicted molar refractivity (Wildman–Crippen MR) is 76.9 cm³/mol. The molecule has 96 valence electrons. The summed E-state index contributed by atoms with van der Waals surface area (Å²) in [6.45, 7) is 3.47. The van der Waals surface area contributed by atoms with E-state index in [0.29, 0.717) is 6.54 Å². The van der Waals surface area contributed by atoms with Crippen LogP contribution < -0.4 is 5.73 Å². The summed E-state index contributed by atoms with van der Waals surface area (Å²) >= 11 is 5.04. The van der Waals surface area contributed by atoms with Gasteiger partial charge in [0.05, 0.1) is 9.70 Å². The number of hydrogen-bond donors (Lipinski definition) is 1. The van der Waals surface area contributed by atoms with Gasteiger partial charge in [0.2, 0.25) is 5.91 Å². The first-order valence-electron chi connectivity index (χ1n) is 5.37. The average molecular weight is 340 g/mol. The molecule has 0 aliphatic carbocycles. The third kappa shape index (κ3) is 3.44. The maximum atomic E-state index is 12.2. The largest absolute Gasteiger partial charge is 0.341 e. The minimum atomic E-state index is -0.0541. The third-order valence-corrected chi connectivity index (χ3v) is 4.73. The molecule has 2 rings (SSSR count). The molecule has 3 nitrogen and oxygen atoms in total. The van der Waals surface area contributed by atoms with E-state index in [1.807, 2.05) is 24.0 Å². The number of amides is 1. The molecule has 1 aromatic rings. The molecule has 1 aliphatic rings. The molecule has 17 heavy (non-hydrogen) atoms. The van der Waals surface area contributed by atoms with Gasteiger partial charge in [-0.15, -0.1) is 23.7 Å². The third-order valence-electron chi connectivity index (χ3n) is 2.93. The average Bonchev–Trinajstić information content (AvgIpc) is 2.85. The zero-order valence-corrected chi connectivity index (χ0v) is 12.8. The lowest BCUT2D eigenvalue weighted by molar-refractivity contribution is -0.131. The number of likely N-dealkylation sites (tertiary alicyclic amines) is 1. The fraction of sp³-hybridized carbons (Fsp3) is 0.545. The van der Waals surface area contributed by atoms with Crippen molar-refractivity contribution in [3.8, 4) is 0 Å². The first kappa shape index (κ1) is 15.0. The second kappa shape index (κ2) is 6.18. The van der Waals surface area contributed by atoms with Gasteiger partial charge in [-0.2, -0.15) is 0 Å². The zero-order valence-electron chi connectivity index (χ0n) is 9.56. The Balaban J connectivity index is 0.00000144. The summed E-state index contributed by atoms with van der Waals surface area (Å²) in [5, 5.41) is 0. The molecule has 2 heterocycles. The van der Waals surface area contributed by atoms with Crippen molar-refractivity contribution < 1.29 is 4.79 Å². The van der Waals surface area contributed by atoms with Crippen molar-refractivity contribution in [1.82, 2.24) is 4.90 Å². The first-order valence-corrected chi connectivity index (χ1v) is 6.98. The van der Waals surface area contributed by atoms with Gasteiger partial charge in [-0.05, 0) is 41.4 Å². The molecule has 1 aromatic heterocycles. The monoisotopic (exact) mass is 338 g/mol. The molecule has 1 unspecified atom stereocenters. The van der Waals surface area contributed by atoms with Crippen LogP contribution in [0.25, 0.3) is 0 Å². The summed E-state index contributed by atoms with van der Waals surface area (Å²) in [6.07, 6.45) is 0.923. The number of thiophene rings is 1. The zero-order chi connectivity index (χ0) is 11.7. The molecule has 2 atom stereocenters. The van der Waals surface area contributed by atoms with Crippen molar-refractivity contribution in [1.29, 1.82) is 0 Å². The van der Waals surface area contributed by atoms with Crippen molar-refractivity contribution in [3.63, 3.8) is 0 Å². The SMILES string of the molecule is CC(C(=O)N1CC[C@@H](N)C1)c1ccc(Br)s1.Cl. The summed E-state index contributed by atoms with van der Waals surface area (Å²) in [5.74, 6) is 0.142. The Morgan fingerprint density at radius 1 is 1.65 bits per heavy atom. The number of nitrogens with zero attached hydrogens (tertiary/aromatic N) is 1. The number of rotatable bonds is 2. The van der Waals surface area contributed by atoms with Gasteiger partial charge < -0.3 is 10.6 Å². The molecule has 0 saturated carbocycles. The highest BCUT2D eigenvalue weighted by Crippen LogP contribution is 2.30. The van der Waals surface area contributed by atoms with Crippen LogP contribution in [0.3, 0.4) is 0 Å². The molecule has 1 amide bonds. The molecule has 0 radical (unpaired) electrons. The summed E-state index contributed by atoms with van der Waals surface area (Å²) in [5.41, 5.74) is 5.81. The van der Waals surface area contributed by atoms with E-state index in [-0.39, 0.29) is 30.3 Å². The first-order chi connectivity index (χ1) is 7.58. The molecule has 0 aromatic carbocycles. The number of hydrogen-bond acceptors (Lipinski definition) is 3. The Hall–Kier alpha value is -0.100. The van der Waals surface area contributed by atoms with E-state index < -0.39 is 0 Å². The minimum absolute atomic E-state index is 0. The quantitative estimate of drug-likeness (QED) is 0.900. The van der Waals surface area contributed by atoms with E-state index in [4.69, 9.17) is 5.73 Å². The lowest BCUT2D eigenvalue weighted by Gasteiger charge is -2.19. The van der Waals surface area contributed by atoms with Crippen LogP contribution in [0, 0.1) is 0 Å². The fourth-order valence-corrected chi connectivity index (χ4v) is 3.41. The molecule has 1 aliphatic heterocycles. The van der Waals surface area contributed by atoms with Crippen LogP contribution in [0.2, 0.25) is 0 Å². The van der Waals surface area contributed by atoms with Crippen molar-refractivity contribution in [3.05, 3.63) is 20.8 Å². The fourth-order valence-electron chi connectivity index (χ4n) is 1.94. The number of carbonyl (C=O) groups is 1. The Bertz CT molecular complexity index is 399. The van der Waals surface area contributed by atoms with E-state index >= 15 is 0 Å². The van der Waals surface area contributed by atoms with Crippen molar-refractivity contribution >= 4 is 45.6 Å². The normalized spacial score (nSPS) is 21.1. The molecule has 1 saturated heterocycles. The minimum Gasteiger partial charge on any atom is -0.341 e. The van der Waals surface area contributed by atoms with Crippen molar-refractivity contribution in [2.75, 3.05) is 13.1 Å². The summed E-state index contributed by atoms with van der Waals surface area (Å²) < 4.78 is 1.07. The number of nitrogens with two attached hydrogens (primary N) is 1. The molecular weight excluding hydrogens is 324 g/mol. The van der Waals surface area contributed by atoms with Crippen LogP contribution in [-0.4, -0.2) is 29.9 Å². The van der Waals surface area contributed by atoms with E-state index in [2.05, 4.69) is 15.9 Å². The van der Waals surface area contributed by atoms with Crippen LogP contribution in [-0.2, 0) is 4.79 Å². The molecule has 6 heteroatoms. The van der Waals surface area contributed by atoms with Crippen molar-refractivity contribution in [2.45, 2.75) is 25.3 Å². The van der Waals surface area contributed by atoms with Gasteiger partial charge in [-0.1, -0.05) is 0 Å². The highest BCUT2D eigenvalue weighted by atomic mass is 79.9. The van der Waals surface area contributed by atoms with Gasteiger partial charge in [-0.3, -0.25) is 4.79 Å². The van der Waals surface area contributed by atoms with Crippen LogP contribution in [0.15, 0.2) is 15.9 Å². The lowest BCUT2D eigenvalue weighted by Crippen LogP contribution is -2.34. The summed E-state index contributed by atoms with van der Waals surface area (Å²) in [4.78, 5) is 15.1. The van der Waals surface area contributed by atoms with Crippen LogP contribution in [0.1, 0.15) is 24.1 Å². The van der Waals surface area contributed by atoms with E-state index in [9.17, 15) is 4.79 Å². The van der Waals surface area contributed by atoms with Gasteiger partial charge >= 0.3 is 0 Å². The Morgan fingerprint density at radius 2 is 2.35 bits per heavy atom. The van der Waals surface area contributed by atoms with E-state index in [1.165, 1.54) is 0 Å². The van der Waals surface area contributed by atoms with Gasteiger partial charge in [0.1, 0.15) is 0 Å². The molecular formula is C11H16BrClN2OS. The summed E-state index contributed by atoms with van der Waals surface area (Å²) in [6, 6.07) is 4.15. The predicted octanol–water partition coefficient (Wildman–Crippen LogP) is 2.60. The van der Waals surface area contributed by atoms with Gasteiger partial charge in [0, 0.05) is 24.0 Å². The number of carbonyl (C=O) groups excluding carboxylic acids is 1. The number of halogens is 2. The molecule has 1 fully saturated rings. The Kier molecular flexibility index (Phi) is 5.44. The highest BCUT2D eigenvalue weighted by molar-refractivity contribution is 9.11. The smallest absolute Gasteiger partial charge is 0.230 e. The van der Waals surface area contributed by atoms with Crippen LogP contribution >= 0.6 is 39.7 Å².